The van der Waals surface area contributed by atoms with Gasteiger partial charge < -0.3 is 10.5 Å². The van der Waals surface area contributed by atoms with E-state index < -0.39 is 18.6 Å². The molecule has 18 heavy (non-hydrogen) atoms. The molecule has 0 saturated carbocycles. The van der Waals surface area contributed by atoms with Crippen LogP contribution in [-0.4, -0.2) is 13.3 Å². The smallest absolute Gasteiger partial charge is 0.389 e. The topological polar surface area (TPSA) is 35.2 Å². The lowest BCUT2D eigenvalue weighted by Gasteiger charge is -2.15. The second kappa shape index (κ2) is 7.07. The summed E-state index contributed by atoms with van der Waals surface area (Å²) in [7, 11) is 1.44. The molecule has 0 aliphatic rings. The molecular formula is C11H14Cl2F3NO. The van der Waals surface area contributed by atoms with E-state index in [1.165, 1.54) is 7.11 Å². The average molecular weight is 304 g/mol. The van der Waals surface area contributed by atoms with Gasteiger partial charge in [0.05, 0.1) is 12.1 Å². The van der Waals surface area contributed by atoms with E-state index in [2.05, 4.69) is 0 Å². The molecular weight excluding hydrogens is 290 g/mol. The summed E-state index contributed by atoms with van der Waals surface area (Å²) >= 11 is 5.80. The minimum absolute atomic E-state index is 0. The zero-order chi connectivity index (χ0) is 13.1. The van der Waals surface area contributed by atoms with Gasteiger partial charge in [0, 0.05) is 12.5 Å². The van der Waals surface area contributed by atoms with Crippen LogP contribution in [0.15, 0.2) is 18.2 Å². The second-order valence-corrected chi connectivity index (χ2v) is 4.06. The van der Waals surface area contributed by atoms with Crippen LogP contribution in [0.1, 0.15) is 24.4 Å². The number of hydrogen-bond acceptors (Lipinski definition) is 2. The van der Waals surface area contributed by atoms with E-state index >= 15 is 0 Å². The van der Waals surface area contributed by atoms with Crippen LogP contribution >= 0.6 is 24.0 Å². The van der Waals surface area contributed by atoms with Gasteiger partial charge in [0.25, 0.3) is 0 Å². The highest BCUT2D eigenvalue weighted by Gasteiger charge is 2.27. The Labute approximate surface area is 115 Å². The van der Waals surface area contributed by atoms with Crippen LogP contribution < -0.4 is 10.5 Å². The number of benzene rings is 1. The molecule has 0 fully saturated rings. The molecule has 0 amide bonds. The first kappa shape index (κ1) is 17.4. The highest BCUT2D eigenvalue weighted by Crippen LogP contribution is 2.30. The second-order valence-electron chi connectivity index (χ2n) is 3.65. The highest BCUT2D eigenvalue weighted by atomic mass is 35.5. The molecule has 0 radical (unpaired) electrons. The van der Waals surface area contributed by atoms with Crippen molar-refractivity contribution >= 4 is 24.0 Å². The zero-order valence-electron chi connectivity index (χ0n) is 9.63. The average Bonchev–Trinajstić information content (AvgIpc) is 2.25. The maximum atomic E-state index is 12.0. The number of halogens is 5. The van der Waals surface area contributed by atoms with Crippen LogP contribution in [0.3, 0.4) is 0 Å². The molecule has 0 bridgehead atoms. The van der Waals surface area contributed by atoms with E-state index in [1.807, 2.05) is 0 Å². The lowest BCUT2D eigenvalue weighted by molar-refractivity contribution is -0.136. The van der Waals surface area contributed by atoms with Crippen LogP contribution in [0.5, 0.6) is 5.75 Å². The van der Waals surface area contributed by atoms with Gasteiger partial charge in [-0.1, -0.05) is 17.7 Å². The first-order valence-corrected chi connectivity index (χ1v) is 5.37. The molecule has 0 spiro atoms. The molecule has 1 rings (SSSR count). The Morgan fingerprint density at radius 1 is 1.39 bits per heavy atom. The Balaban J connectivity index is 0.00000289. The molecule has 104 valence electrons. The summed E-state index contributed by atoms with van der Waals surface area (Å²) in [6.07, 6.45) is -5.25. The Hall–Kier alpha value is -0.650. The molecule has 0 aromatic heterocycles. The number of methoxy groups -OCH3 is 1. The van der Waals surface area contributed by atoms with Crippen molar-refractivity contribution in [3.63, 3.8) is 0 Å². The molecule has 0 heterocycles. The third-order valence-corrected chi connectivity index (χ3v) is 2.65. The summed E-state index contributed by atoms with van der Waals surface area (Å²) < 4.78 is 41.1. The number of nitrogens with two attached hydrogens (primary N) is 1. The maximum absolute atomic E-state index is 12.0. The lowest BCUT2D eigenvalue weighted by atomic mass is 10.0. The first-order valence-electron chi connectivity index (χ1n) is 4.99. The molecule has 2 N–H and O–H groups in total. The monoisotopic (exact) mass is 303 g/mol. The van der Waals surface area contributed by atoms with Crippen molar-refractivity contribution in [2.75, 3.05) is 7.11 Å². The molecule has 0 aliphatic carbocycles. The Morgan fingerprint density at radius 2 is 2.00 bits per heavy atom. The van der Waals surface area contributed by atoms with Gasteiger partial charge in [-0.05, 0) is 24.1 Å². The number of ether oxygens (including phenoxy) is 1. The van der Waals surface area contributed by atoms with Crippen molar-refractivity contribution in [2.24, 2.45) is 5.73 Å². The van der Waals surface area contributed by atoms with Crippen LogP contribution in [0.25, 0.3) is 0 Å². The predicted molar refractivity (Wildman–Crippen MR) is 67.5 cm³/mol. The van der Waals surface area contributed by atoms with Gasteiger partial charge in [-0.2, -0.15) is 13.2 Å². The number of hydrogen-bond donors (Lipinski definition) is 1. The first-order chi connectivity index (χ1) is 7.83. The Kier molecular flexibility index (Phi) is 6.81. The molecule has 2 nitrogen and oxygen atoms in total. The Morgan fingerprint density at radius 3 is 2.50 bits per heavy atom. The highest BCUT2D eigenvalue weighted by molar-refractivity contribution is 6.32. The van der Waals surface area contributed by atoms with Gasteiger partial charge in [0.1, 0.15) is 5.75 Å². The van der Waals surface area contributed by atoms with Crippen LogP contribution in [0.4, 0.5) is 13.2 Å². The third-order valence-electron chi connectivity index (χ3n) is 2.34. The van der Waals surface area contributed by atoms with E-state index in [-0.39, 0.29) is 18.8 Å². The van der Waals surface area contributed by atoms with Gasteiger partial charge in [0.2, 0.25) is 0 Å². The summed E-state index contributed by atoms with van der Waals surface area (Å²) in [4.78, 5) is 0. The third kappa shape index (κ3) is 5.33. The molecule has 1 aromatic rings. The summed E-state index contributed by atoms with van der Waals surface area (Å²) in [5, 5.41) is 0.402. The fourth-order valence-electron chi connectivity index (χ4n) is 1.39. The van der Waals surface area contributed by atoms with Gasteiger partial charge >= 0.3 is 6.18 Å². The molecule has 0 aliphatic heterocycles. The van der Waals surface area contributed by atoms with Gasteiger partial charge in [-0.25, -0.2) is 0 Å². The normalized spacial score (nSPS) is 12.8. The predicted octanol–water partition coefficient (Wildman–Crippen LogP) is 4.11. The molecule has 0 saturated heterocycles. The zero-order valence-corrected chi connectivity index (χ0v) is 11.2. The van der Waals surface area contributed by atoms with E-state index in [0.29, 0.717) is 16.3 Å². The van der Waals surface area contributed by atoms with Crippen LogP contribution in [-0.2, 0) is 0 Å². The summed E-state index contributed by atoms with van der Waals surface area (Å²) in [5.74, 6) is 0.409. The van der Waals surface area contributed by atoms with E-state index in [9.17, 15) is 13.2 Å². The Bertz CT molecular complexity index is 385. The molecule has 1 atom stereocenters. The molecule has 1 aromatic carbocycles. The summed E-state index contributed by atoms with van der Waals surface area (Å²) in [5.41, 5.74) is 6.26. The molecule has 7 heteroatoms. The largest absolute Gasteiger partial charge is 0.495 e. The quantitative estimate of drug-likeness (QED) is 0.908. The molecule has 0 unspecified atom stereocenters. The van der Waals surface area contributed by atoms with Crippen molar-refractivity contribution < 1.29 is 17.9 Å². The van der Waals surface area contributed by atoms with Gasteiger partial charge in [0.15, 0.2) is 0 Å². The van der Waals surface area contributed by atoms with Crippen molar-refractivity contribution in [3.8, 4) is 5.75 Å². The van der Waals surface area contributed by atoms with Gasteiger partial charge in [-0.15, -0.1) is 12.4 Å². The van der Waals surface area contributed by atoms with Crippen molar-refractivity contribution in [1.82, 2.24) is 0 Å². The summed E-state index contributed by atoms with van der Waals surface area (Å²) in [6.45, 7) is 0. The van der Waals surface area contributed by atoms with Gasteiger partial charge in [-0.3, -0.25) is 0 Å². The van der Waals surface area contributed by atoms with Crippen molar-refractivity contribution in [3.05, 3.63) is 28.8 Å². The van der Waals surface area contributed by atoms with Crippen molar-refractivity contribution in [2.45, 2.75) is 25.1 Å². The minimum Gasteiger partial charge on any atom is -0.495 e. The lowest BCUT2D eigenvalue weighted by Crippen LogP contribution is -2.15. The SMILES string of the molecule is COc1cc([C@@H](N)CCC(F)(F)F)ccc1Cl.Cl. The fraction of sp³-hybridized carbons (Fsp3) is 0.455. The minimum atomic E-state index is -4.19. The maximum Gasteiger partial charge on any atom is 0.389 e. The van der Waals surface area contributed by atoms with Crippen LogP contribution in [0.2, 0.25) is 5.02 Å². The van der Waals surface area contributed by atoms with E-state index in [0.717, 1.165) is 0 Å². The summed E-state index contributed by atoms with van der Waals surface area (Å²) in [6, 6.07) is 4.04. The van der Waals surface area contributed by atoms with E-state index in [1.54, 1.807) is 18.2 Å². The van der Waals surface area contributed by atoms with Crippen LogP contribution in [0, 0.1) is 0 Å². The standard InChI is InChI=1S/C11H13ClF3NO.ClH/c1-17-10-6-7(2-3-8(10)12)9(16)4-5-11(13,14)15;/h2-3,6,9H,4-5,16H2,1H3;1H/t9-;/m0./s1. The number of rotatable bonds is 4. The van der Waals surface area contributed by atoms with Crippen molar-refractivity contribution in [1.29, 1.82) is 0 Å². The number of alkyl halides is 3. The fourth-order valence-corrected chi connectivity index (χ4v) is 1.59. The van der Waals surface area contributed by atoms with E-state index in [4.69, 9.17) is 22.1 Å².